The number of aryl methyl sites for hydroxylation is 2. The molecule has 1 amide bonds. The second kappa shape index (κ2) is 6.60. The summed E-state index contributed by atoms with van der Waals surface area (Å²) in [7, 11) is -2.84. The van der Waals surface area contributed by atoms with Crippen molar-refractivity contribution in [1.82, 2.24) is 19.1 Å². The number of carbonyl (C=O) groups is 1. The molecule has 2 aromatic heterocycles. The van der Waals surface area contributed by atoms with Crippen LogP contribution in [0.1, 0.15) is 11.3 Å². The molecule has 8 nitrogen and oxygen atoms in total. The largest absolute Gasteiger partial charge is 0.359 e. The molecule has 0 fully saturated rings. The van der Waals surface area contributed by atoms with Gasteiger partial charge in [-0.1, -0.05) is 11.6 Å². The van der Waals surface area contributed by atoms with Gasteiger partial charge >= 0.3 is 10.3 Å². The van der Waals surface area contributed by atoms with Crippen LogP contribution >= 0.6 is 11.6 Å². The number of aromatic nitrogens is 3. The average molecular weight is 395 g/mol. The zero-order chi connectivity index (χ0) is 19.1. The third kappa shape index (κ3) is 3.64. The van der Waals surface area contributed by atoms with Crippen molar-refractivity contribution in [3.8, 4) is 5.82 Å². The molecular weight excluding hydrogens is 380 g/mol. The summed E-state index contributed by atoms with van der Waals surface area (Å²) in [4.78, 5) is 11.6. The van der Waals surface area contributed by atoms with Crippen LogP contribution < -0.4 is 4.72 Å². The molecule has 3 rings (SSSR count). The number of rotatable bonds is 4. The van der Waals surface area contributed by atoms with Gasteiger partial charge < -0.3 is 4.57 Å². The number of nitrogens with one attached hydrogen (secondary N) is 1. The number of halogens is 1. The summed E-state index contributed by atoms with van der Waals surface area (Å²) in [5.41, 5.74) is 2.18. The molecule has 0 saturated heterocycles. The number of hydrogen-bond donors (Lipinski definition) is 2. The maximum Gasteiger partial charge on any atom is 0.359 e. The van der Waals surface area contributed by atoms with Crippen molar-refractivity contribution in [2.45, 2.75) is 6.92 Å². The molecule has 0 aliphatic rings. The number of carbonyl (C=O) groups excluding carboxylic acids is 1. The first kappa shape index (κ1) is 18.2. The monoisotopic (exact) mass is 394 g/mol. The van der Waals surface area contributed by atoms with Crippen LogP contribution in [0.15, 0.2) is 36.5 Å². The standard InChI is InChI=1S/C16H15ClN4O4S/c1-10-13(4-6-15(22)19-26(23,24)25)16(20(2)18-10)21-8-7-11-9-12(17)3-5-14(11)21/h3-9H,1-2H3,(H,19,22)(H,23,24,25). The maximum absolute atomic E-state index is 11.6. The highest BCUT2D eigenvalue weighted by Gasteiger charge is 2.16. The topological polar surface area (TPSA) is 106 Å². The Hall–Kier alpha value is -2.62. The Kier molecular flexibility index (Phi) is 4.61. The van der Waals surface area contributed by atoms with E-state index in [2.05, 4.69) is 5.10 Å². The van der Waals surface area contributed by atoms with E-state index in [-0.39, 0.29) is 0 Å². The van der Waals surface area contributed by atoms with Crippen LogP contribution in [0.2, 0.25) is 5.02 Å². The molecular formula is C16H15ClN4O4S. The van der Waals surface area contributed by atoms with Gasteiger partial charge in [0.2, 0.25) is 0 Å². The van der Waals surface area contributed by atoms with Gasteiger partial charge in [-0.2, -0.15) is 13.5 Å². The molecule has 0 unspecified atom stereocenters. The van der Waals surface area contributed by atoms with Crippen molar-refractivity contribution in [2.75, 3.05) is 0 Å². The van der Waals surface area contributed by atoms with Crippen molar-refractivity contribution >= 4 is 44.8 Å². The van der Waals surface area contributed by atoms with E-state index in [1.54, 1.807) is 24.7 Å². The Labute approximate surface area is 154 Å². The number of hydrogen-bond acceptors (Lipinski definition) is 4. The lowest BCUT2D eigenvalue weighted by Crippen LogP contribution is -2.27. The molecule has 1 aromatic carbocycles. The molecule has 0 bridgehead atoms. The van der Waals surface area contributed by atoms with Crippen LogP contribution in [0.4, 0.5) is 0 Å². The van der Waals surface area contributed by atoms with Gasteiger partial charge in [0.1, 0.15) is 5.82 Å². The van der Waals surface area contributed by atoms with Gasteiger partial charge in [-0.15, -0.1) is 0 Å². The number of benzene rings is 1. The Morgan fingerprint density at radius 1 is 1.35 bits per heavy atom. The third-order valence-corrected chi connectivity index (χ3v) is 4.44. The molecule has 3 aromatic rings. The Morgan fingerprint density at radius 3 is 2.77 bits per heavy atom. The van der Waals surface area contributed by atoms with Crippen LogP contribution in [-0.2, 0) is 22.1 Å². The molecule has 0 atom stereocenters. The highest BCUT2D eigenvalue weighted by atomic mass is 35.5. The summed E-state index contributed by atoms with van der Waals surface area (Å²) >= 11 is 6.03. The smallest absolute Gasteiger partial charge is 0.301 e. The Balaban J connectivity index is 2.07. The summed E-state index contributed by atoms with van der Waals surface area (Å²) < 4.78 is 35.1. The Bertz CT molecular complexity index is 1140. The van der Waals surface area contributed by atoms with Crippen LogP contribution in [-0.4, -0.2) is 33.2 Å². The fourth-order valence-corrected chi connectivity index (χ4v) is 3.26. The first-order valence-corrected chi connectivity index (χ1v) is 9.25. The van der Waals surface area contributed by atoms with Gasteiger partial charge in [-0.05, 0) is 37.3 Å². The van der Waals surface area contributed by atoms with Gasteiger partial charge in [0, 0.05) is 35.3 Å². The lowest BCUT2D eigenvalue weighted by atomic mass is 10.2. The highest BCUT2D eigenvalue weighted by molar-refractivity contribution is 7.84. The zero-order valence-electron chi connectivity index (χ0n) is 13.8. The fraction of sp³-hybridized carbons (Fsp3) is 0.125. The summed E-state index contributed by atoms with van der Waals surface area (Å²) in [6.45, 7) is 1.77. The first-order chi connectivity index (χ1) is 12.2. The van der Waals surface area contributed by atoms with Crippen molar-refractivity contribution in [3.63, 3.8) is 0 Å². The van der Waals surface area contributed by atoms with E-state index in [0.717, 1.165) is 17.0 Å². The number of amides is 1. The van der Waals surface area contributed by atoms with E-state index >= 15 is 0 Å². The number of nitrogens with zero attached hydrogens (tertiary/aromatic N) is 3. The maximum atomic E-state index is 11.6. The minimum absolute atomic E-state index is 0.624. The van der Waals surface area contributed by atoms with Crippen molar-refractivity contribution in [2.24, 2.45) is 7.05 Å². The lowest BCUT2D eigenvalue weighted by molar-refractivity contribution is -0.114. The van der Waals surface area contributed by atoms with Gasteiger partial charge in [0.15, 0.2) is 0 Å². The zero-order valence-corrected chi connectivity index (χ0v) is 15.4. The summed E-state index contributed by atoms with van der Waals surface area (Å²) in [5, 5.41) is 5.93. The molecule has 2 heterocycles. The molecule has 10 heteroatoms. The predicted molar refractivity (Wildman–Crippen MR) is 98.5 cm³/mol. The molecule has 0 radical (unpaired) electrons. The molecule has 0 aliphatic carbocycles. The minimum atomic E-state index is -4.61. The first-order valence-electron chi connectivity index (χ1n) is 7.43. The van der Waals surface area contributed by atoms with E-state index < -0.39 is 16.2 Å². The average Bonchev–Trinajstić information content (AvgIpc) is 3.03. The molecule has 26 heavy (non-hydrogen) atoms. The van der Waals surface area contributed by atoms with Gasteiger partial charge in [-0.3, -0.25) is 14.0 Å². The van der Waals surface area contributed by atoms with Crippen LogP contribution in [0.3, 0.4) is 0 Å². The second-order valence-corrected chi connectivity index (χ2v) is 7.20. The number of fused-ring (bicyclic) bond motifs is 1. The molecule has 0 spiro atoms. The lowest BCUT2D eigenvalue weighted by Gasteiger charge is -2.08. The minimum Gasteiger partial charge on any atom is -0.301 e. The van der Waals surface area contributed by atoms with E-state index in [0.29, 0.717) is 22.1 Å². The SMILES string of the molecule is Cc1nn(C)c(-n2ccc3cc(Cl)ccc32)c1C=CC(=O)NS(=O)(=O)O. The molecule has 0 aliphatic heterocycles. The van der Waals surface area contributed by atoms with Crippen molar-refractivity contribution in [1.29, 1.82) is 0 Å². The Morgan fingerprint density at radius 2 is 2.08 bits per heavy atom. The van der Waals surface area contributed by atoms with E-state index in [1.165, 1.54) is 10.8 Å². The van der Waals surface area contributed by atoms with Crippen molar-refractivity contribution < 1.29 is 17.8 Å². The summed E-state index contributed by atoms with van der Waals surface area (Å²) in [5.74, 6) is -0.276. The van der Waals surface area contributed by atoms with Crippen LogP contribution in [0, 0.1) is 6.92 Å². The van der Waals surface area contributed by atoms with E-state index in [1.807, 2.05) is 29.0 Å². The van der Waals surface area contributed by atoms with Crippen molar-refractivity contribution in [3.05, 3.63) is 52.8 Å². The summed E-state index contributed by atoms with van der Waals surface area (Å²) in [6, 6.07) is 7.39. The third-order valence-electron chi connectivity index (χ3n) is 3.75. The highest BCUT2D eigenvalue weighted by Crippen LogP contribution is 2.27. The van der Waals surface area contributed by atoms with Crippen LogP contribution in [0.25, 0.3) is 22.8 Å². The molecule has 0 saturated carbocycles. The fourth-order valence-electron chi connectivity index (χ4n) is 2.76. The molecule has 2 N–H and O–H groups in total. The van der Waals surface area contributed by atoms with Crippen LogP contribution in [0.5, 0.6) is 0 Å². The molecule has 136 valence electrons. The van der Waals surface area contributed by atoms with E-state index in [4.69, 9.17) is 16.2 Å². The van der Waals surface area contributed by atoms with Gasteiger partial charge in [0.05, 0.1) is 11.2 Å². The predicted octanol–water partition coefficient (Wildman–Crippen LogP) is 2.26. The van der Waals surface area contributed by atoms with E-state index in [9.17, 15) is 13.2 Å². The second-order valence-electron chi connectivity index (χ2n) is 5.61. The summed E-state index contributed by atoms with van der Waals surface area (Å²) in [6.07, 6.45) is 4.32. The normalized spacial score (nSPS) is 12.2. The van der Waals surface area contributed by atoms with Gasteiger partial charge in [-0.25, -0.2) is 4.72 Å². The quantitative estimate of drug-likeness (QED) is 0.521. The van der Waals surface area contributed by atoms with Gasteiger partial charge in [0.25, 0.3) is 5.91 Å².